The summed E-state index contributed by atoms with van der Waals surface area (Å²) in [6.07, 6.45) is 1.64. The van der Waals surface area contributed by atoms with Gasteiger partial charge < -0.3 is 5.32 Å². The Morgan fingerprint density at radius 1 is 1.46 bits per heavy atom. The number of carbonyl (C=O) groups is 1. The number of rotatable bonds is 3. The minimum absolute atomic E-state index is 0.106. The lowest BCUT2D eigenvalue weighted by Gasteiger charge is -2.04. The third kappa shape index (κ3) is 2.44. The topological polar surface area (TPSA) is 29.1 Å². The molecule has 2 nitrogen and oxygen atoms in total. The molecular formula is C11H12NO. The van der Waals surface area contributed by atoms with E-state index in [4.69, 9.17) is 0 Å². The molecule has 2 heteroatoms. The lowest BCUT2D eigenvalue weighted by atomic mass is 10.1. The number of amides is 1. The standard InChI is InChI=1S/C11H12NO/c1-3-8-12-11(13)10-7-5-4-6-9(10)2/h3-7H,1-2,8H2,(H,12,13). The molecule has 1 aromatic rings. The van der Waals surface area contributed by atoms with Crippen LogP contribution in [0.3, 0.4) is 0 Å². The van der Waals surface area contributed by atoms with Crippen LogP contribution in [0.15, 0.2) is 36.9 Å². The number of hydrogen-bond acceptors (Lipinski definition) is 1. The fourth-order valence-corrected chi connectivity index (χ4v) is 1.00. The van der Waals surface area contributed by atoms with Crippen LogP contribution >= 0.6 is 0 Å². The Hall–Kier alpha value is -1.57. The molecule has 0 spiro atoms. The van der Waals surface area contributed by atoms with E-state index in [1.807, 2.05) is 18.2 Å². The molecule has 1 amide bonds. The van der Waals surface area contributed by atoms with Crippen molar-refractivity contribution in [3.05, 3.63) is 55.0 Å². The van der Waals surface area contributed by atoms with E-state index in [0.717, 1.165) is 5.56 Å². The molecule has 0 aliphatic heterocycles. The summed E-state index contributed by atoms with van der Waals surface area (Å²) in [4.78, 5) is 11.4. The van der Waals surface area contributed by atoms with Crippen molar-refractivity contribution < 1.29 is 4.79 Å². The molecule has 0 saturated heterocycles. The number of nitrogens with one attached hydrogen (secondary N) is 1. The van der Waals surface area contributed by atoms with Gasteiger partial charge in [-0.15, -0.1) is 6.58 Å². The summed E-state index contributed by atoms with van der Waals surface area (Å²) in [5.74, 6) is -0.106. The van der Waals surface area contributed by atoms with Gasteiger partial charge in [0.05, 0.1) is 0 Å². The first-order chi connectivity index (χ1) is 6.25. The molecule has 0 saturated carbocycles. The highest BCUT2D eigenvalue weighted by molar-refractivity contribution is 5.95. The summed E-state index contributed by atoms with van der Waals surface area (Å²) in [5, 5.41) is 2.69. The van der Waals surface area contributed by atoms with Crippen LogP contribution in [0, 0.1) is 6.92 Å². The lowest BCUT2D eigenvalue weighted by Crippen LogP contribution is -2.23. The van der Waals surface area contributed by atoms with Gasteiger partial charge in [-0.25, -0.2) is 0 Å². The van der Waals surface area contributed by atoms with Crippen LogP contribution in [0.4, 0.5) is 0 Å². The summed E-state index contributed by atoms with van der Waals surface area (Å²) in [6, 6.07) is 7.23. The predicted molar refractivity (Wildman–Crippen MR) is 53.4 cm³/mol. The Morgan fingerprint density at radius 2 is 2.15 bits per heavy atom. The summed E-state index contributed by atoms with van der Waals surface area (Å²) in [7, 11) is 0. The van der Waals surface area contributed by atoms with Gasteiger partial charge in [0.2, 0.25) is 0 Å². The zero-order valence-corrected chi connectivity index (χ0v) is 7.42. The molecule has 1 radical (unpaired) electrons. The zero-order chi connectivity index (χ0) is 9.68. The van der Waals surface area contributed by atoms with Gasteiger partial charge in [0.15, 0.2) is 0 Å². The quantitative estimate of drug-likeness (QED) is 0.695. The largest absolute Gasteiger partial charge is 0.349 e. The number of hydrogen-bond donors (Lipinski definition) is 1. The number of carbonyl (C=O) groups excluding carboxylic acids is 1. The smallest absolute Gasteiger partial charge is 0.251 e. The third-order valence-electron chi connectivity index (χ3n) is 1.67. The SMILES string of the molecule is [CH2]c1ccccc1C(=O)NCC=C. The number of benzene rings is 1. The van der Waals surface area contributed by atoms with Crippen LogP contribution in [-0.2, 0) is 0 Å². The van der Waals surface area contributed by atoms with E-state index >= 15 is 0 Å². The van der Waals surface area contributed by atoms with E-state index in [9.17, 15) is 4.79 Å². The average molecular weight is 174 g/mol. The van der Waals surface area contributed by atoms with E-state index in [1.54, 1.807) is 12.1 Å². The second-order valence-electron chi connectivity index (χ2n) is 2.66. The fourth-order valence-electron chi connectivity index (χ4n) is 1.00. The van der Waals surface area contributed by atoms with E-state index in [0.29, 0.717) is 12.1 Å². The van der Waals surface area contributed by atoms with Crippen molar-refractivity contribution >= 4 is 5.91 Å². The van der Waals surface area contributed by atoms with Gasteiger partial charge in [0.25, 0.3) is 5.91 Å². The van der Waals surface area contributed by atoms with Crippen molar-refractivity contribution in [2.45, 2.75) is 0 Å². The highest BCUT2D eigenvalue weighted by atomic mass is 16.1. The van der Waals surface area contributed by atoms with E-state index in [2.05, 4.69) is 18.8 Å². The van der Waals surface area contributed by atoms with Crippen molar-refractivity contribution in [3.63, 3.8) is 0 Å². The van der Waals surface area contributed by atoms with Gasteiger partial charge >= 0.3 is 0 Å². The molecule has 67 valence electrons. The Balaban J connectivity index is 2.76. The monoisotopic (exact) mass is 174 g/mol. The second kappa shape index (κ2) is 4.45. The van der Waals surface area contributed by atoms with E-state index in [1.165, 1.54) is 0 Å². The van der Waals surface area contributed by atoms with E-state index in [-0.39, 0.29) is 5.91 Å². The van der Waals surface area contributed by atoms with Gasteiger partial charge in [-0.05, 0) is 18.6 Å². The van der Waals surface area contributed by atoms with Crippen LogP contribution < -0.4 is 5.32 Å². The summed E-state index contributed by atoms with van der Waals surface area (Å²) in [5.41, 5.74) is 1.36. The lowest BCUT2D eigenvalue weighted by molar-refractivity contribution is 0.0957. The van der Waals surface area contributed by atoms with Crippen LogP contribution in [0.25, 0.3) is 0 Å². The molecule has 0 aromatic heterocycles. The van der Waals surface area contributed by atoms with Crippen LogP contribution in [-0.4, -0.2) is 12.5 Å². The Morgan fingerprint density at radius 3 is 2.77 bits per heavy atom. The minimum Gasteiger partial charge on any atom is -0.349 e. The molecule has 0 unspecified atom stereocenters. The maximum atomic E-state index is 11.4. The van der Waals surface area contributed by atoms with Gasteiger partial charge in [-0.1, -0.05) is 24.3 Å². The molecule has 0 aliphatic carbocycles. The summed E-state index contributed by atoms with van der Waals surface area (Å²) >= 11 is 0. The fraction of sp³-hybridized carbons (Fsp3) is 0.0909. The molecule has 0 atom stereocenters. The summed E-state index contributed by atoms with van der Waals surface area (Å²) in [6.45, 7) is 7.76. The average Bonchev–Trinajstić information content (AvgIpc) is 2.15. The summed E-state index contributed by atoms with van der Waals surface area (Å²) < 4.78 is 0. The predicted octanol–water partition coefficient (Wildman–Crippen LogP) is 1.78. The van der Waals surface area contributed by atoms with Crippen molar-refractivity contribution in [3.8, 4) is 0 Å². The van der Waals surface area contributed by atoms with Crippen molar-refractivity contribution in [1.82, 2.24) is 5.32 Å². The van der Waals surface area contributed by atoms with Gasteiger partial charge in [0, 0.05) is 12.1 Å². The molecule has 0 bridgehead atoms. The first kappa shape index (κ1) is 9.52. The van der Waals surface area contributed by atoms with Gasteiger partial charge in [0.1, 0.15) is 0 Å². The van der Waals surface area contributed by atoms with Crippen LogP contribution in [0.5, 0.6) is 0 Å². The molecule has 0 heterocycles. The van der Waals surface area contributed by atoms with Gasteiger partial charge in [-0.3, -0.25) is 4.79 Å². The molecule has 13 heavy (non-hydrogen) atoms. The zero-order valence-electron chi connectivity index (χ0n) is 7.42. The molecule has 1 aromatic carbocycles. The first-order valence-corrected chi connectivity index (χ1v) is 4.06. The molecule has 0 aliphatic rings. The van der Waals surface area contributed by atoms with Crippen LogP contribution in [0.1, 0.15) is 15.9 Å². The maximum absolute atomic E-state index is 11.4. The Labute approximate surface area is 78.3 Å². The Bertz CT molecular complexity index is 318. The normalized spacial score (nSPS) is 9.31. The minimum atomic E-state index is -0.106. The second-order valence-corrected chi connectivity index (χ2v) is 2.66. The van der Waals surface area contributed by atoms with Crippen LogP contribution in [0.2, 0.25) is 0 Å². The molecule has 1 N–H and O–H groups in total. The van der Waals surface area contributed by atoms with Crippen molar-refractivity contribution in [1.29, 1.82) is 0 Å². The third-order valence-corrected chi connectivity index (χ3v) is 1.67. The highest BCUT2D eigenvalue weighted by Gasteiger charge is 2.05. The first-order valence-electron chi connectivity index (χ1n) is 4.06. The van der Waals surface area contributed by atoms with E-state index < -0.39 is 0 Å². The van der Waals surface area contributed by atoms with Gasteiger partial charge in [-0.2, -0.15) is 0 Å². The molecular weight excluding hydrogens is 162 g/mol. The maximum Gasteiger partial charge on any atom is 0.251 e. The van der Waals surface area contributed by atoms with Crippen molar-refractivity contribution in [2.24, 2.45) is 0 Å². The van der Waals surface area contributed by atoms with Crippen molar-refractivity contribution in [2.75, 3.05) is 6.54 Å². The molecule has 0 fully saturated rings. The highest BCUT2D eigenvalue weighted by Crippen LogP contribution is 2.05. The Kier molecular flexibility index (Phi) is 3.26. The molecule has 1 rings (SSSR count).